The molecule has 0 radical (unpaired) electrons. The van der Waals surface area contributed by atoms with Gasteiger partial charge in [0.2, 0.25) is 0 Å². The molecule has 1 aromatic carbocycles. The predicted molar refractivity (Wildman–Crippen MR) is 76.8 cm³/mol. The van der Waals surface area contributed by atoms with Gasteiger partial charge in [0.25, 0.3) is 0 Å². The minimum atomic E-state index is 0.703. The van der Waals surface area contributed by atoms with Crippen molar-refractivity contribution < 1.29 is 0 Å². The van der Waals surface area contributed by atoms with E-state index in [0.29, 0.717) is 6.54 Å². The number of hydrogen-bond donors (Lipinski definition) is 1. The van der Waals surface area contributed by atoms with Gasteiger partial charge >= 0.3 is 0 Å². The molecule has 1 aromatic heterocycles. The van der Waals surface area contributed by atoms with Gasteiger partial charge in [-0.2, -0.15) is 0 Å². The average molecular weight is 242 g/mol. The van der Waals surface area contributed by atoms with Gasteiger partial charge in [-0.25, -0.2) is 0 Å². The third-order valence-corrected chi connectivity index (χ3v) is 4.24. The summed E-state index contributed by atoms with van der Waals surface area (Å²) in [5.41, 5.74) is 8.49. The predicted octanol–water partition coefficient (Wildman–Crippen LogP) is 3.65. The van der Waals surface area contributed by atoms with Crippen LogP contribution in [0.4, 0.5) is 0 Å². The van der Waals surface area contributed by atoms with Gasteiger partial charge in [0, 0.05) is 24.8 Å². The van der Waals surface area contributed by atoms with Crippen LogP contribution in [0.5, 0.6) is 0 Å². The molecule has 18 heavy (non-hydrogen) atoms. The normalized spacial score (nSPS) is 17.4. The number of nitrogens with two attached hydrogens (primary N) is 1. The number of fused-ring (bicyclic) bond motifs is 1. The fourth-order valence-corrected chi connectivity index (χ4v) is 3.24. The van der Waals surface area contributed by atoms with Crippen LogP contribution in [0.3, 0.4) is 0 Å². The van der Waals surface area contributed by atoms with Crippen LogP contribution in [0, 0.1) is 0 Å². The van der Waals surface area contributed by atoms with E-state index in [9.17, 15) is 0 Å². The quantitative estimate of drug-likeness (QED) is 0.875. The molecule has 0 unspecified atom stereocenters. The summed E-state index contributed by atoms with van der Waals surface area (Å²) in [5, 5.41) is 1.37. The Balaban J connectivity index is 1.91. The van der Waals surface area contributed by atoms with E-state index in [2.05, 4.69) is 35.0 Å². The number of rotatable bonds is 3. The van der Waals surface area contributed by atoms with Crippen LogP contribution in [-0.4, -0.2) is 11.1 Å². The summed E-state index contributed by atoms with van der Waals surface area (Å²) in [6, 6.07) is 9.20. The molecule has 0 saturated heterocycles. The van der Waals surface area contributed by atoms with Gasteiger partial charge in [0.15, 0.2) is 0 Å². The van der Waals surface area contributed by atoms with E-state index in [1.807, 2.05) is 0 Å². The van der Waals surface area contributed by atoms with Crippen LogP contribution >= 0.6 is 0 Å². The van der Waals surface area contributed by atoms with Gasteiger partial charge < -0.3 is 10.3 Å². The molecule has 1 aliphatic carbocycles. The van der Waals surface area contributed by atoms with E-state index < -0.39 is 0 Å². The third kappa shape index (κ3) is 2.17. The van der Waals surface area contributed by atoms with Crippen LogP contribution in [0.25, 0.3) is 10.9 Å². The number of nitrogens with zero attached hydrogens (tertiary/aromatic N) is 1. The molecule has 96 valence electrons. The minimum Gasteiger partial charge on any atom is -0.346 e. The van der Waals surface area contributed by atoms with Crippen LogP contribution in [0.1, 0.15) is 43.6 Å². The Morgan fingerprint density at radius 1 is 1.11 bits per heavy atom. The number of benzene rings is 1. The van der Waals surface area contributed by atoms with Crippen molar-refractivity contribution in [2.75, 3.05) is 6.54 Å². The Kier molecular flexibility index (Phi) is 3.37. The van der Waals surface area contributed by atoms with Crippen molar-refractivity contribution in [2.45, 2.75) is 44.6 Å². The topological polar surface area (TPSA) is 30.9 Å². The summed E-state index contributed by atoms with van der Waals surface area (Å²) >= 11 is 0. The van der Waals surface area contributed by atoms with Crippen LogP contribution in [0.15, 0.2) is 30.5 Å². The van der Waals surface area contributed by atoms with E-state index in [1.54, 1.807) is 0 Å². The van der Waals surface area contributed by atoms with Crippen molar-refractivity contribution in [3.05, 3.63) is 36.0 Å². The zero-order chi connectivity index (χ0) is 12.4. The third-order valence-electron chi connectivity index (χ3n) is 4.24. The standard InChI is InChI=1S/C16H22N2/c17-9-11-18-10-8-15-12-14(6-7-16(15)18)13-4-2-1-3-5-13/h6-8,10,12-13H,1-5,9,11,17H2. The molecule has 1 aliphatic rings. The van der Waals surface area contributed by atoms with E-state index >= 15 is 0 Å². The molecule has 3 rings (SSSR count). The van der Waals surface area contributed by atoms with Gasteiger partial charge in [-0.3, -0.25) is 0 Å². The van der Waals surface area contributed by atoms with Crippen LogP contribution in [0.2, 0.25) is 0 Å². The molecule has 1 fully saturated rings. The maximum atomic E-state index is 5.64. The molecule has 0 spiro atoms. The van der Waals surface area contributed by atoms with Crippen molar-refractivity contribution in [1.29, 1.82) is 0 Å². The lowest BCUT2D eigenvalue weighted by atomic mass is 9.84. The first-order valence-corrected chi connectivity index (χ1v) is 7.17. The van der Waals surface area contributed by atoms with Crippen molar-refractivity contribution in [2.24, 2.45) is 5.73 Å². The lowest BCUT2D eigenvalue weighted by molar-refractivity contribution is 0.444. The molecular weight excluding hydrogens is 220 g/mol. The Morgan fingerprint density at radius 2 is 1.94 bits per heavy atom. The summed E-state index contributed by atoms with van der Waals surface area (Å²) in [6.07, 6.45) is 9.12. The summed E-state index contributed by atoms with van der Waals surface area (Å²) in [7, 11) is 0. The monoisotopic (exact) mass is 242 g/mol. The van der Waals surface area contributed by atoms with E-state index in [4.69, 9.17) is 5.73 Å². The highest BCUT2D eigenvalue weighted by Gasteiger charge is 2.15. The molecule has 2 heteroatoms. The zero-order valence-corrected chi connectivity index (χ0v) is 10.9. The lowest BCUT2D eigenvalue weighted by Crippen LogP contribution is -2.08. The largest absolute Gasteiger partial charge is 0.346 e. The van der Waals surface area contributed by atoms with Gasteiger partial charge in [0.05, 0.1) is 0 Å². The van der Waals surface area contributed by atoms with E-state index in [-0.39, 0.29) is 0 Å². The van der Waals surface area contributed by atoms with E-state index in [0.717, 1.165) is 12.5 Å². The maximum absolute atomic E-state index is 5.64. The Bertz CT molecular complexity index is 521. The first-order valence-electron chi connectivity index (χ1n) is 7.17. The highest BCUT2D eigenvalue weighted by Crippen LogP contribution is 2.34. The molecule has 0 atom stereocenters. The highest BCUT2D eigenvalue weighted by atomic mass is 15.0. The second-order valence-corrected chi connectivity index (χ2v) is 5.45. The zero-order valence-electron chi connectivity index (χ0n) is 10.9. The SMILES string of the molecule is NCCn1ccc2cc(C3CCCCC3)ccc21. The van der Waals surface area contributed by atoms with E-state index in [1.165, 1.54) is 48.6 Å². The molecule has 0 amide bonds. The fourth-order valence-electron chi connectivity index (χ4n) is 3.24. The summed E-state index contributed by atoms with van der Waals surface area (Å²) in [6.45, 7) is 1.61. The van der Waals surface area contributed by atoms with Crippen LogP contribution in [-0.2, 0) is 6.54 Å². The minimum absolute atomic E-state index is 0.703. The molecule has 2 N–H and O–H groups in total. The van der Waals surface area contributed by atoms with Gasteiger partial charge in [0.1, 0.15) is 0 Å². The molecule has 1 saturated carbocycles. The number of hydrogen-bond acceptors (Lipinski definition) is 1. The van der Waals surface area contributed by atoms with Crippen molar-refractivity contribution >= 4 is 10.9 Å². The lowest BCUT2D eigenvalue weighted by Gasteiger charge is -2.22. The van der Waals surface area contributed by atoms with Crippen molar-refractivity contribution in [3.63, 3.8) is 0 Å². The number of aromatic nitrogens is 1. The van der Waals surface area contributed by atoms with Gasteiger partial charge in [-0.1, -0.05) is 25.3 Å². The molecule has 2 aromatic rings. The maximum Gasteiger partial charge on any atom is 0.0480 e. The van der Waals surface area contributed by atoms with Crippen molar-refractivity contribution in [3.8, 4) is 0 Å². The smallest absolute Gasteiger partial charge is 0.0480 e. The average Bonchev–Trinajstić information content (AvgIpc) is 2.83. The first kappa shape index (κ1) is 11.8. The molecule has 2 nitrogen and oxygen atoms in total. The Morgan fingerprint density at radius 3 is 2.72 bits per heavy atom. The molecule has 0 aliphatic heterocycles. The molecule has 1 heterocycles. The second-order valence-electron chi connectivity index (χ2n) is 5.45. The van der Waals surface area contributed by atoms with Gasteiger partial charge in [-0.05, 0) is 47.9 Å². The summed E-state index contributed by atoms with van der Waals surface area (Å²) in [5.74, 6) is 0.793. The Hall–Kier alpha value is -1.28. The summed E-state index contributed by atoms with van der Waals surface area (Å²) in [4.78, 5) is 0. The molecule has 0 bridgehead atoms. The van der Waals surface area contributed by atoms with Gasteiger partial charge in [-0.15, -0.1) is 0 Å². The highest BCUT2D eigenvalue weighted by molar-refractivity contribution is 5.81. The fraction of sp³-hybridized carbons (Fsp3) is 0.500. The summed E-state index contributed by atoms with van der Waals surface area (Å²) < 4.78 is 2.25. The first-order chi connectivity index (χ1) is 8.88. The van der Waals surface area contributed by atoms with Crippen molar-refractivity contribution in [1.82, 2.24) is 4.57 Å². The molecular formula is C16H22N2. The van der Waals surface area contributed by atoms with Crippen LogP contribution < -0.4 is 5.73 Å². The second kappa shape index (κ2) is 5.15. The Labute approximate surface area is 109 Å².